The molecule has 19 heavy (non-hydrogen) atoms. The fraction of sp³-hybridized carbons (Fsp3) is 0.867. The summed E-state index contributed by atoms with van der Waals surface area (Å²) in [7, 11) is 1.93. The van der Waals surface area contributed by atoms with Gasteiger partial charge in [0.2, 0.25) is 5.91 Å². The van der Waals surface area contributed by atoms with Crippen molar-refractivity contribution in [3.8, 4) is 0 Å². The van der Waals surface area contributed by atoms with Crippen molar-refractivity contribution in [2.45, 2.75) is 71.3 Å². The Hall–Kier alpha value is -0.640. The Labute approximate surface area is 122 Å². The summed E-state index contributed by atoms with van der Waals surface area (Å²) in [5.74, 6) is 0.122. The highest BCUT2D eigenvalue weighted by atomic mass is 32.1. The SMILES string of the molecule is CCC(CC)(C(=O)N(C)C1CCCCCC1)C(N)=S. The topological polar surface area (TPSA) is 46.3 Å². The molecule has 1 aliphatic rings. The average Bonchev–Trinajstić information content (AvgIpc) is 2.68. The van der Waals surface area contributed by atoms with E-state index in [-0.39, 0.29) is 5.91 Å². The number of carbonyl (C=O) groups excluding carboxylic acids is 1. The summed E-state index contributed by atoms with van der Waals surface area (Å²) < 4.78 is 0. The maximum atomic E-state index is 12.8. The number of thiocarbonyl (C=S) groups is 1. The zero-order valence-electron chi connectivity index (χ0n) is 12.6. The van der Waals surface area contributed by atoms with Gasteiger partial charge in [-0.15, -0.1) is 0 Å². The monoisotopic (exact) mass is 284 g/mol. The smallest absolute Gasteiger partial charge is 0.235 e. The lowest BCUT2D eigenvalue weighted by Gasteiger charge is -2.37. The first-order valence-corrected chi connectivity index (χ1v) is 7.97. The molecule has 110 valence electrons. The van der Waals surface area contributed by atoms with E-state index in [1.165, 1.54) is 25.7 Å². The zero-order chi connectivity index (χ0) is 14.5. The van der Waals surface area contributed by atoms with E-state index in [9.17, 15) is 4.79 Å². The van der Waals surface area contributed by atoms with E-state index in [2.05, 4.69) is 0 Å². The van der Waals surface area contributed by atoms with E-state index < -0.39 is 5.41 Å². The van der Waals surface area contributed by atoms with Gasteiger partial charge in [0.25, 0.3) is 0 Å². The Morgan fingerprint density at radius 2 is 1.68 bits per heavy atom. The van der Waals surface area contributed by atoms with E-state index in [0.717, 1.165) is 12.8 Å². The molecule has 0 saturated heterocycles. The molecule has 0 bridgehead atoms. The van der Waals surface area contributed by atoms with Gasteiger partial charge in [-0.3, -0.25) is 4.79 Å². The Morgan fingerprint density at radius 1 is 1.21 bits per heavy atom. The van der Waals surface area contributed by atoms with E-state index in [0.29, 0.717) is 23.9 Å². The molecule has 0 atom stereocenters. The van der Waals surface area contributed by atoms with Crippen LogP contribution in [-0.2, 0) is 4.79 Å². The number of rotatable bonds is 5. The van der Waals surface area contributed by atoms with Gasteiger partial charge in [0, 0.05) is 13.1 Å². The van der Waals surface area contributed by atoms with Crippen LogP contribution in [0.2, 0.25) is 0 Å². The predicted molar refractivity (Wildman–Crippen MR) is 84.1 cm³/mol. The molecule has 4 heteroatoms. The summed E-state index contributed by atoms with van der Waals surface area (Å²) in [5, 5.41) is 0. The normalized spacial score (nSPS) is 17.8. The third-order valence-electron chi connectivity index (χ3n) is 4.78. The highest BCUT2D eigenvalue weighted by Gasteiger charge is 2.41. The van der Waals surface area contributed by atoms with Crippen LogP contribution >= 0.6 is 12.2 Å². The van der Waals surface area contributed by atoms with Gasteiger partial charge in [-0.1, -0.05) is 51.7 Å². The van der Waals surface area contributed by atoms with Crippen LogP contribution in [0.15, 0.2) is 0 Å². The van der Waals surface area contributed by atoms with Crippen molar-refractivity contribution >= 4 is 23.1 Å². The second-order valence-corrected chi connectivity index (χ2v) is 6.15. The van der Waals surface area contributed by atoms with Crippen LogP contribution in [-0.4, -0.2) is 28.9 Å². The lowest BCUT2D eigenvalue weighted by atomic mass is 9.80. The van der Waals surface area contributed by atoms with Crippen molar-refractivity contribution in [1.29, 1.82) is 0 Å². The number of amides is 1. The minimum absolute atomic E-state index is 0.122. The van der Waals surface area contributed by atoms with Crippen LogP contribution in [0.25, 0.3) is 0 Å². The summed E-state index contributed by atoms with van der Waals surface area (Å²) in [6.45, 7) is 4.00. The van der Waals surface area contributed by atoms with Crippen LogP contribution in [0.1, 0.15) is 65.2 Å². The second kappa shape index (κ2) is 7.22. The van der Waals surface area contributed by atoms with Crippen molar-refractivity contribution in [2.75, 3.05) is 7.05 Å². The van der Waals surface area contributed by atoms with Gasteiger partial charge in [-0.05, 0) is 25.7 Å². The van der Waals surface area contributed by atoms with Gasteiger partial charge in [-0.2, -0.15) is 0 Å². The fourth-order valence-electron chi connectivity index (χ4n) is 3.15. The van der Waals surface area contributed by atoms with E-state index in [1.807, 2.05) is 25.8 Å². The van der Waals surface area contributed by atoms with E-state index >= 15 is 0 Å². The predicted octanol–water partition coefficient (Wildman–Crippen LogP) is 3.26. The lowest BCUT2D eigenvalue weighted by Crippen LogP contribution is -2.51. The summed E-state index contributed by atoms with van der Waals surface area (Å²) in [4.78, 5) is 15.1. The molecule has 3 nitrogen and oxygen atoms in total. The maximum absolute atomic E-state index is 12.8. The first-order valence-electron chi connectivity index (χ1n) is 7.56. The second-order valence-electron chi connectivity index (χ2n) is 5.71. The average molecular weight is 284 g/mol. The Morgan fingerprint density at radius 3 is 2.05 bits per heavy atom. The quantitative estimate of drug-likeness (QED) is 0.622. The molecule has 1 saturated carbocycles. The molecule has 1 amide bonds. The molecule has 0 radical (unpaired) electrons. The van der Waals surface area contributed by atoms with Crippen molar-refractivity contribution < 1.29 is 4.79 Å². The number of hydrogen-bond acceptors (Lipinski definition) is 2. The Balaban J connectivity index is 2.86. The molecule has 0 aliphatic heterocycles. The fourth-order valence-corrected chi connectivity index (χ4v) is 3.53. The van der Waals surface area contributed by atoms with Crippen molar-refractivity contribution in [3.05, 3.63) is 0 Å². The first kappa shape index (κ1) is 16.4. The molecule has 0 heterocycles. The Kier molecular flexibility index (Phi) is 6.24. The third kappa shape index (κ3) is 3.47. The summed E-state index contributed by atoms with van der Waals surface area (Å²) >= 11 is 5.18. The lowest BCUT2D eigenvalue weighted by molar-refractivity contribution is -0.139. The largest absolute Gasteiger partial charge is 0.392 e. The molecule has 0 aromatic carbocycles. The van der Waals surface area contributed by atoms with E-state index in [1.54, 1.807) is 0 Å². The molecule has 0 spiro atoms. The number of carbonyl (C=O) groups is 1. The summed E-state index contributed by atoms with van der Waals surface area (Å²) in [6, 6.07) is 0.363. The number of hydrogen-bond donors (Lipinski definition) is 1. The molecule has 0 aromatic heterocycles. The Bertz CT molecular complexity index is 318. The first-order chi connectivity index (χ1) is 8.99. The van der Waals surface area contributed by atoms with Crippen LogP contribution in [0, 0.1) is 5.41 Å². The van der Waals surface area contributed by atoms with Crippen molar-refractivity contribution in [3.63, 3.8) is 0 Å². The number of nitrogens with zero attached hydrogens (tertiary/aromatic N) is 1. The van der Waals surface area contributed by atoms with Gasteiger partial charge in [-0.25, -0.2) is 0 Å². The van der Waals surface area contributed by atoms with Crippen LogP contribution < -0.4 is 5.73 Å². The number of nitrogens with two attached hydrogens (primary N) is 1. The molecule has 2 N–H and O–H groups in total. The van der Waals surface area contributed by atoms with Crippen LogP contribution in [0.5, 0.6) is 0 Å². The highest BCUT2D eigenvalue weighted by molar-refractivity contribution is 7.80. The van der Waals surface area contributed by atoms with Gasteiger partial charge < -0.3 is 10.6 Å². The molecule has 1 aliphatic carbocycles. The van der Waals surface area contributed by atoms with Gasteiger partial charge in [0.15, 0.2) is 0 Å². The standard InChI is InChI=1S/C15H28N2OS/c1-4-15(5-2,13(16)19)14(18)17(3)12-10-8-6-7-9-11-12/h12H,4-11H2,1-3H3,(H2,16,19). The van der Waals surface area contributed by atoms with Crippen LogP contribution in [0.4, 0.5) is 0 Å². The van der Waals surface area contributed by atoms with E-state index in [4.69, 9.17) is 18.0 Å². The zero-order valence-corrected chi connectivity index (χ0v) is 13.4. The third-order valence-corrected chi connectivity index (χ3v) is 5.17. The molecular weight excluding hydrogens is 256 g/mol. The summed E-state index contributed by atoms with van der Waals surface area (Å²) in [6.07, 6.45) is 8.64. The molecule has 0 unspecified atom stereocenters. The van der Waals surface area contributed by atoms with Crippen molar-refractivity contribution in [1.82, 2.24) is 4.90 Å². The van der Waals surface area contributed by atoms with Gasteiger partial charge in [0.1, 0.15) is 0 Å². The molecule has 1 fully saturated rings. The minimum Gasteiger partial charge on any atom is -0.392 e. The molecular formula is C15H28N2OS. The van der Waals surface area contributed by atoms with Gasteiger partial charge >= 0.3 is 0 Å². The molecule has 1 rings (SSSR count). The molecule has 0 aromatic rings. The van der Waals surface area contributed by atoms with Gasteiger partial charge in [0.05, 0.1) is 10.4 Å². The minimum atomic E-state index is -0.642. The maximum Gasteiger partial charge on any atom is 0.235 e. The van der Waals surface area contributed by atoms with Crippen molar-refractivity contribution in [2.24, 2.45) is 11.1 Å². The highest BCUT2D eigenvalue weighted by Crippen LogP contribution is 2.32. The van der Waals surface area contributed by atoms with Crippen LogP contribution in [0.3, 0.4) is 0 Å². The summed E-state index contributed by atoms with van der Waals surface area (Å²) in [5.41, 5.74) is 5.23.